The lowest BCUT2D eigenvalue weighted by molar-refractivity contribution is -0.131. The van der Waals surface area contributed by atoms with Crippen molar-refractivity contribution in [1.29, 1.82) is 0 Å². The molecule has 0 N–H and O–H groups in total. The maximum absolute atomic E-state index is 12.1. The van der Waals surface area contributed by atoms with Crippen molar-refractivity contribution in [3.8, 4) is 0 Å². The Balaban J connectivity index is 1.72. The molecule has 1 radical (unpaired) electrons. The van der Waals surface area contributed by atoms with Crippen molar-refractivity contribution < 1.29 is 14.3 Å². The van der Waals surface area contributed by atoms with E-state index >= 15 is 0 Å². The average molecular weight is 295 g/mol. The van der Waals surface area contributed by atoms with Gasteiger partial charge in [-0.3, -0.25) is 4.79 Å². The van der Waals surface area contributed by atoms with Crippen molar-refractivity contribution in [2.24, 2.45) is 5.92 Å². The lowest BCUT2D eigenvalue weighted by Gasteiger charge is -2.33. The Kier molecular flexibility index (Phi) is 5.12. The van der Waals surface area contributed by atoms with E-state index in [0.717, 1.165) is 32.4 Å². The maximum Gasteiger partial charge on any atom is 0.410 e. The molecule has 2 rings (SSSR count). The van der Waals surface area contributed by atoms with Crippen LogP contribution in [0.5, 0.6) is 0 Å². The van der Waals surface area contributed by atoms with E-state index in [1.807, 2.05) is 25.7 Å². The third-order valence-electron chi connectivity index (χ3n) is 4.03. The molecule has 5 heteroatoms. The molecule has 2 amide bonds. The van der Waals surface area contributed by atoms with E-state index in [0.29, 0.717) is 25.4 Å². The Labute approximate surface area is 127 Å². The summed E-state index contributed by atoms with van der Waals surface area (Å²) in [6, 6.07) is 0. The second-order valence-electron chi connectivity index (χ2n) is 7.03. The van der Waals surface area contributed by atoms with Gasteiger partial charge in [-0.25, -0.2) is 4.79 Å². The van der Waals surface area contributed by atoms with Gasteiger partial charge in [0.2, 0.25) is 5.91 Å². The van der Waals surface area contributed by atoms with E-state index < -0.39 is 5.60 Å². The number of nitrogens with zero attached hydrogens (tertiary/aromatic N) is 2. The molecule has 2 saturated heterocycles. The Morgan fingerprint density at radius 2 is 1.81 bits per heavy atom. The van der Waals surface area contributed by atoms with Crippen LogP contribution in [0.1, 0.15) is 46.5 Å². The molecule has 0 unspecified atom stereocenters. The Hall–Kier alpha value is -1.26. The third-order valence-corrected chi connectivity index (χ3v) is 4.03. The first-order chi connectivity index (χ1) is 9.85. The van der Waals surface area contributed by atoms with Crippen LogP contribution in [0.4, 0.5) is 4.79 Å². The second kappa shape index (κ2) is 6.67. The fraction of sp³-hybridized carbons (Fsp3) is 0.812. The predicted octanol–water partition coefficient (Wildman–Crippen LogP) is 2.46. The van der Waals surface area contributed by atoms with Crippen LogP contribution >= 0.6 is 0 Å². The smallest absolute Gasteiger partial charge is 0.410 e. The minimum absolute atomic E-state index is 0.235. The molecule has 0 aromatic carbocycles. The van der Waals surface area contributed by atoms with Gasteiger partial charge in [0.15, 0.2) is 0 Å². The van der Waals surface area contributed by atoms with Crippen LogP contribution in [-0.4, -0.2) is 53.6 Å². The summed E-state index contributed by atoms with van der Waals surface area (Å²) in [4.78, 5) is 27.8. The van der Waals surface area contributed by atoms with Crippen molar-refractivity contribution >= 4 is 12.0 Å². The van der Waals surface area contributed by atoms with Crippen molar-refractivity contribution in [2.75, 3.05) is 26.2 Å². The monoisotopic (exact) mass is 295 g/mol. The van der Waals surface area contributed by atoms with E-state index in [1.54, 1.807) is 4.90 Å². The number of amides is 2. The number of hydrogen-bond acceptors (Lipinski definition) is 3. The van der Waals surface area contributed by atoms with Gasteiger partial charge in [-0.2, -0.15) is 0 Å². The van der Waals surface area contributed by atoms with Crippen LogP contribution < -0.4 is 0 Å². The minimum atomic E-state index is -0.448. The second-order valence-corrected chi connectivity index (χ2v) is 7.03. The molecule has 2 aliphatic rings. The van der Waals surface area contributed by atoms with Gasteiger partial charge in [0, 0.05) is 32.6 Å². The number of ether oxygens (including phenoxy) is 1. The summed E-state index contributed by atoms with van der Waals surface area (Å²) in [6.45, 7) is 8.69. The number of rotatable bonds is 2. The topological polar surface area (TPSA) is 49.9 Å². The zero-order chi connectivity index (χ0) is 15.5. The summed E-state index contributed by atoms with van der Waals surface area (Å²) in [5.41, 5.74) is -0.448. The SMILES string of the molecule is CC(C)(C)OC(=O)N1CCC(CC(=O)N2C[CH]CC2)CC1. The molecule has 2 aliphatic heterocycles. The summed E-state index contributed by atoms with van der Waals surface area (Å²) in [5, 5.41) is 0. The number of carbonyl (C=O) groups excluding carboxylic acids is 2. The number of carbonyl (C=O) groups is 2. The molecule has 0 spiro atoms. The third kappa shape index (κ3) is 4.90. The van der Waals surface area contributed by atoms with Crippen molar-refractivity contribution in [1.82, 2.24) is 9.80 Å². The van der Waals surface area contributed by atoms with Gasteiger partial charge in [0.25, 0.3) is 0 Å². The van der Waals surface area contributed by atoms with Gasteiger partial charge in [0.05, 0.1) is 0 Å². The Morgan fingerprint density at radius 1 is 1.14 bits per heavy atom. The van der Waals surface area contributed by atoms with Gasteiger partial charge < -0.3 is 14.5 Å². The fourth-order valence-electron chi connectivity index (χ4n) is 2.83. The summed E-state index contributed by atoms with van der Waals surface area (Å²) < 4.78 is 5.38. The van der Waals surface area contributed by atoms with E-state index in [9.17, 15) is 9.59 Å². The van der Waals surface area contributed by atoms with Crippen LogP contribution in [-0.2, 0) is 9.53 Å². The van der Waals surface area contributed by atoms with Crippen LogP contribution in [0.3, 0.4) is 0 Å². The first kappa shape index (κ1) is 16.1. The normalized spacial score (nSPS) is 20.7. The van der Waals surface area contributed by atoms with Gasteiger partial charge in [-0.15, -0.1) is 0 Å². The molecule has 5 nitrogen and oxygen atoms in total. The number of likely N-dealkylation sites (tertiary alicyclic amines) is 2. The highest BCUT2D eigenvalue weighted by molar-refractivity contribution is 5.77. The lowest BCUT2D eigenvalue weighted by Crippen LogP contribution is -2.42. The van der Waals surface area contributed by atoms with Crippen LogP contribution in [0, 0.1) is 12.3 Å². The predicted molar refractivity (Wildman–Crippen MR) is 80.6 cm³/mol. The van der Waals surface area contributed by atoms with Crippen molar-refractivity contribution in [2.45, 2.75) is 52.1 Å². The minimum Gasteiger partial charge on any atom is -0.444 e. The average Bonchev–Trinajstić information content (AvgIpc) is 2.91. The molecule has 119 valence electrons. The molecule has 0 bridgehead atoms. The van der Waals surface area contributed by atoms with E-state index in [1.165, 1.54) is 0 Å². The molecular weight excluding hydrogens is 268 g/mol. The zero-order valence-electron chi connectivity index (χ0n) is 13.4. The summed E-state index contributed by atoms with van der Waals surface area (Å²) in [7, 11) is 0. The number of piperidine rings is 1. The zero-order valence-corrected chi connectivity index (χ0v) is 13.4. The van der Waals surface area contributed by atoms with Gasteiger partial charge in [-0.1, -0.05) is 0 Å². The van der Waals surface area contributed by atoms with Crippen LogP contribution in [0.2, 0.25) is 0 Å². The lowest BCUT2D eigenvalue weighted by atomic mass is 9.93. The number of hydrogen-bond donors (Lipinski definition) is 0. The molecule has 0 saturated carbocycles. The largest absolute Gasteiger partial charge is 0.444 e. The quantitative estimate of drug-likeness (QED) is 0.786. The standard InChI is InChI=1S/C16H27N2O3/c1-16(2,3)21-15(20)18-10-6-13(7-11-18)12-14(19)17-8-4-5-9-17/h4,13H,5-12H2,1-3H3. The van der Waals surface area contributed by atoms with E-state index in [2.05, 4.69) is 6.42 Å². The van der Waals surface area contributed by atoms with Gasteiger partial charge in [-0.05, 0) is 52.4 Å². The molecule has 0 aromatic heterocycles. The summed E-state index contributed by atoms with van der Waals surface area (Å²) in [5.74, 6) is 0.663. The van der Waals surface area contributed by atoms with Gasteiger partial charge in [0.1, 0.15) is 5.60 Å². The maximum atomic E-state index is 12.1. The molecule has 0 atom stereocenters. The molecule has 21 heavy (non-hydrogen) atoms. The summed E-state index contributed by atoms with van der Waals surface area (Å²) >= 11 is 0. The Bertz CT molecular complexity index is 375. The highest BCUT2D eigenvalue weighted by atomic mass is 16.6. The highest BCUT2D eigenvalue weighted by Crippen LogP contribution is 2.23. The summed E-state index contributed by atoms with van der Waals surface area (Å²) in [6.07, 6.45) is 5.34. The fourth-order valence-corrected chi connectivity index (χ4v) is 2.83. The molecule has 2 fully saturated rings. The Morgan fingerprint density at radius 3 is 2.33 bits per heavy atom. The van der Waals surface area contributed by atoms with Gasteiger partial charge >= 0.3 is 6.09 Å². The highest BCUT2D eigenvalue weighted by Gasteiger charge is 2.29. The first-order valence-electron chi connectivity index (χ1n) is 7.92. The molecule has 2 heterocycles. The van der Waals surface area contributed by atoms with E-state index in [4.69, 9.17) is 4.74 Å². The van der Waals surface area contributed by atoms with Crippen LogP contribution in [0.15, 0.2) is 0 Å². The van der Waals surface area contributed by atoms with Crippen molar-refractivity contribution in [3.05, 3.63) is 6.42 Å². The molecule has 0 aromatic rings. The van der Waals surface area contributed by atoms with Crippen LogP contribution in [0.25, 0.3) is 0 Å². The molecule has 0 aliphatic carbocycles. The van der Waals surface area contributed by atoms with E-state index in [-0.39, 0.29) is 12.0 Å². The first-order valence-corrected chi connectivity index (χ1v) is 7.92. The van der Waals surface area contributed by atoms with Crippen molar-refractivity contribution in [3.63, 3.8) is 0 Å². The molecular formula is C16H27N2O3.